The van der Waals surface area contributed by atoms with Crippen LogP contribution in [0.25, 0.3) is 0 Å². The van der Waals surface area contributed by atoms with Crippen molar-refractivity contribution >= 4 is 22.9 Å². The third-order valence-electron chi connectivity index (χ3n) is 2.58. The second-order valence-electron chi connectivity index (χ2n) is 4.07. The second-order valence-corrected chi connectivity index (χ2v) is 5.01. The lowest BCUT2D eigenvalue weighted by atomic mass is 10.3. The zero-order chi connectivity index (χ0) is 15.1. The van der Waals surface area contributed by atoms with Crippen LogP contribution < -0.4 is 10.1 Å². The zero-order valence-electron chi connectivity index (χ0n) is 11.4. The van der Waals surface area contributed by atoms with Crippen molar-refractivity contribution in [2.45, 2.75) is 0 Å². The van der Waals surface area contributed by atoms with E-state index in [0.717, 1.165) is 0 Å². The number of allylic oxidation sites excluding steroid dienone is 3. The molecule has 4 heteroatoms. The molecule has 0 fully saturated rings. The normalized spacial score (nSPS) is 10.8. The number of hydrogen-bond donors (Lipinski definition) is 1. The summed E-state index contributed by atoms with van der Waals surface area (Å²) in [7, 11) is 0. The number of benzene rings is 1. The summed E-state index contributed by atoms with van der Waals surface area (Å²) in [6.07, 6.45) is 4.96. The lowest BCUT2D eigenvalue weighted by Crippen LogP contribution is -2.09. The van der Waals surface area contributed by atoms with Crippen molar-refractivity contribution in [3.8, 4) is 5.75 Å². The summed E-state index contributed by atoms with van der Waals surface area (Å²) >= 11 is 1.41. The van der Waals surface area contributed by atoms with Crippen molar-refractivity contribution in [1.82, 2.24) is 0 Å². The molecule has 0 radical (unpaired) electrons. The Morgan fingerprint density at radius 3 is 2.52 bits per heavy atom. The van der Waals surface area contributed by atoms with Gasteiger partial charge in [-0.3, -0.25) is 4.79 Å². The molecular weight excluding hydrogens is 282 g/mol. The molecular formula is C17H15NO2S. The molecule has 3 nitrogen and oxygen atoms in total. The summed E-state index contributed by atoms with van der Waals surface area (Å²) in [5.41, 5.74) is 0.716. The van der Waals surface area contributed by atoms with Gasteiger partial charge in [-0.05, 0) is 47.9 Å². The van der Waals surface area contributed by atoms with E-state index in [-0.39, 0.29) is 5.91 Å². The van der Waals surface area contributed by atoms with Crippen molar-refractivity contribution < 1.29 is 9.53 Å². The van der Waals surface area contributed by atoms with Crippen LogP contribution in [0, 0.1) is 0 Å². The maximum absolute atomic E-state index is 11.9. The first kappa shape index (κ1) is 14.8. The highest BCUT2D eigenvalue weighted by molar-refractivity contribution is 7.12. The Labute approximate surface area is 127 Å². The van der Waals surface area contributed by atoms with Crippen LogP contribution in [0.3, 0.4) is 0 Å². The molecule has 0 saturated heterocycles. The third kappa shape index (κ3) is 4.19. The maximum Gasteiger partial charge on any atom is 0.265 e. The van der Waals surface area contributed by atoms with Gasteiger partial charge in [0.2, 0.25) is 0 Å². The highest BCUT2D eigenvalue weighted by Gasteiger charge is 2.06. The minimum Gasteiger partial charge on any atom is -0.457 e. The van der Waals surface area contributed by atoms with E-state index in [0.29, 0.717) is 22.1 Å². The van der Waals surface area contributed by atoms with E-state index in [4.69, 9.17) is 4.74 Å². The molecule has 2 rings (SSSR count). The van der Waals surface area contributed by atoms with Crippen molar-refractivity contribution in [1.29, 1.82) is 0 Å². The molecule has 2 aromatic rings. The van der Waals surface area contributed by atoms with Crippen LogP contribution >= 0.6 is 11.3 Å². The fraction of sp³-hybridized carbons (Fsp3) is 0. The van der Waals surface area contributed by atoms with Gasteiger partial charge in [0.25, 0.3) is 5.91 Å². The van der Waals surface area contributed by atoms with Crippen LogP contribution in [0.5, 0.6) is 5.75 Å². The van der Waals surface area contributed by atoms with Gasteiger partial charge in [0.05, 0.1) is 4.88 Å². The Hall–Kier alpha value is -2.59. The molecule has 1 heterocycles. The molecule has 0 aliphatic rings. The Kier molecular flexibility index (Phi) is 5.12. The van der Waals surface area contributed by atoms with Crippen molar-refractivity contribution in [3.63, 3.8) is 0 Å². The molecule has 21 heavy (non-hydrogen) atoms. The quantitative estimate of drug-likeness (QED) is 0.623. The second kappa shape index (κ2) is 7.26. The lowest BCUT2D eigenvalue weighted by molar-refractivity contribution is 0.103. The van der Waals surface area contributed by atoms with Crippen LogP contribution in [-0.4, -0.2) is 5.91 Å². The van der Waals surface area contributed by atoms with Gasteiger partial charge in [0.15, 0.2) is 0 Å². The number of carbonyl (C=O) groups is 1. The Balaban J connectivity index is 2.02. The Morgan fingerprint density at radius 1 is 1.19 bits per heavy atom. The van der Waals surface area contributed by atoms with Gasteiger partial charge < -0.3 is 10.1 Å². The minimum absolute atomic E-state index is 0.114. The maximum atomic E-state index is 11.9. The van der Waals surface area contributed by atoms with Crippen LogP contribution in [-0.2, 0) is 0 Å². The smallest absolute Gasteiger partial charge is 0.265 e. The van der Waals surface area contributed by atoms with Crippen LogP contribution in [0.1, 0.15) is 9.67 Å². The SMILES string of the molecule is C=C/C=C(\C=C)Oc1ccc(NC(=O)c2cccs2)cc1. The van der Waals surface area contributed by atoms with Gasteiger partial charge in [-0.1, -0.05) is 25.3 Å². The highest BCUT2D eigenvalue weighted by Crippen LogP contribution is 2.19. The molecule has 0 atom stereocenters. The largest absolute Gasteiger partial charge is 0.457 e. The molecule has 0 spiro atoms. The number of thiophene rings is 1. The van der Waals surface area contributed by atoms with E-state index < -0.39 is 0 Å². The first-order valence-corrected chi connectivity index (χ1v) is 7.19. The minimum atomic E-state index is -0.114. The van der Waals surface area contributed by atoms with Gasteiger partial charge >= 0.3 is 0 Å². The van der Waals surface area contributed by atoms with Crippen molar-refractivity contribution in [2.75, 3.05) is 5.32 Å². The summed E-state index contributed by atoms with van der Waals surface area (Å²) in [5.74, 6) is 1.16. The van der Waals surface area contributed by atoms with Gasteiger partial charge in [-0.25, -0.2) is 0 Å². The molecule has 0 bridgehead atoms. The predicted molar refractivity (Wildman–Crippen MR) is 87.8 cm³/mol. The van der Waals surface area contributed by atoms with Crippen LogP contribution in [0.15, 0.2) is 78.9 Å². The molecule has 0 aliphatic carbocycles. The van der Waals surface area contributed by atoms with Crippen LogP contribution in [0.2, 0.25) is 0 Å². The van der Waals surface area contributed by atoms with E-state index in [2.05, 4.69) is 18.5 Å². The number of amides is 1. The first-order valence-electron chi connectivity index (χ1n) is 6.31. The van der Waals surface area contributed by atoms with Gasteiger partial charge in [-0.15, -0.1) is 11.3 Å². The third-order valence-corrected chi connectivity index (χ3v) is 3.44. The summed E-state index contributed by atoms with van der Waals surface area (Å²) in [4.78, 5) is 12.6. The average Bonchev–Trinajstić information content (AvgIpc) is 3.03. The predicted octanol–water partition coefficient (Wildman–Crippen LogP) is 4.64. The van der Waals surface area contributed by atoms with Crippen molar-refractivity contribution in [2.24, 2.45) is 0 Å². The molecule has 106 valence electrons. The zero-order valence-corrected chi connectivity index (χ0v) is 12.2. The van der Waals surface area contributed by atoms with E-state index >= 15 is 0 Å². The number of hydrogen-bond acceptors (Lipinski definition) is 3. The molecule has 1 N–H and O–H groups in total. The molecule has 1 amide bonds. The van der Waals surface area contributed by atoms with Crippen molar-refractivity contribution in [3.05, 3.63) is 83.8 Å². The van der Waals surface area contributed by atoms with Crippen LogP contribution in [0.4, 0.5) is 5.69 Å². The van der Waals surface area contributed by atoms with E-state index in [1.165, 1.54) is 11.3 Å². The summed E-state index contributed by atoms with van der Waals surface area (Å²) in [6.45, 7) is 7.27. The highest BCUT2D eigenvalue weighted by atomic mass is 32.1. The molecule has 0 unspecified atom stereocenters. The fourth-order valence-corrected chi connectivity index (χ4v) is 2.22. The molecule has 0 saturated carbocycles. The Bertz CT molecular complexity index is 655. The summed E-state index contributed by atoms with van der Waals surface area (Å²) in [6, 6.07) is 10.8. The van der Waals surface area contributed by atoms with Gasteiger partial charge in [0, 0.05) is 5.69 Å². The van der Waals surface area contributed by atoms with E-state index in [1.807, 2.05) is 11.4 Å². The number of nitrogens with one attached hydrogen (secondary N) is 1. The molecule has 1 aromatic carbocycles. The standard InChI is InChI=1S/C17H15NO2S/c1-3-6-14(4-2)20-15-10-8-13(9-11-15)18-17(19)16-7-5-12-21-16/h3-12H,1-2H2,(H,18,19)/b14-6+. The fourth-order valence-electron chi connectivity index (χ4n) is 1.60. The number of carbonyl (C=O) groups excluding carboxylic acids is 1. The monoisotopic (exact) mass is 297 g/mol. The first-order chi connectivity index (χ1) is 10.2. The van der Waals surface area contributed by atoms with E-state index in [1.54, 1.807) is 48.6 Å². The molecule has 1 aromatic heterocycles. The number of ether oxygens (including phenoxy) is 1. The topological polar surface area (TPSA) is 38.3 Å². The number of rotatable bonds is 6. The molecule has 0 aliphatic heterocycles. The summed E-state index contributed by atoms with van der Waals surface area (Å²) in [5, 5.41) is 4.70. The summed E-state index contributed by atoms with van der Waals surface area (Å²) < 4.78 is 5.60. The average molecular weight is 297 g/mol. The van der Waals surface area contributed by atoms with Gasteiger partial charge in [0.1, 0.15) is 11.5 Å². The lowest BCUT2D eigenvalue weighted by Gasteiger charge is -2.08. The van der Waals surface area contributed by atoms with Gasteiger partial charge in [-0.2, -0.15) is 0 Å². The van der Waals surface area contributed by atoms with E-state index in [9.17, 15) is 4.79 Å². The number of anilines is 1. The Morgan fingerprint density at radius 2 is 1.95 bits per heavy atom.